The van der Waals surface area contributed by atoms with Crippen LogP contribution >= 0.6 is 0 Å². The fraction of sp³-hybridized carbons (Fsp3) is 0.417. The number of benzene rings is 2. The number of halogens is 1. The van der Waals surface area contributed by atoms with Crippen molar-refractivity contribution in [3.63, 3.8) is 0 Å². The molecule has 2 aromatic carbocycles. The maximum Gasteiger partial charge on any atom is 0.279 e. The van der Waals surface area contributed by atoms with Crippen LogP contribution in [0, 0.1) is 5.92 Å². The molecule has 0 fully saturated rings. The summed E-state index contributed by atoms with van der Waals surface area (Å²) in [4.78, 5) is 13.0. The third kappa shape index (κ3) is 3.98. The van der Waals surface area contributed by atoms with Crippen molar-refractivity contribution < 1.29 is 18.7 Å². The maximum atomic E-state index is 15.1. The number of rotatable bonds is 6. The lowest BCUT2D eigenvalue weighted by Gasteiger charge is -2.43. The molecule has 0 bridgehead atoms. The number of ether oxygens (including phenoxy) is 2. The SMILES string of the molecule is CO[C@H]1c2cc(-n3ncc4ccccc4c3=O)ccc2O[C@@H](C(CCO)[Si](C)(C)F)[C@@H]1C. The molecule has 0 radical (unpaired) electrons. The number of fused-ring (bicyclic) bond motifs is 2. The van der Waals surface area contributed by atoms with Gasteiger partial charge in [-0.25, -0.2) is 0 Å². The Morgan fingerprint density at radius 2 is 2.03 bits per heavy atom. The van der Waals surface area contributed by atoms with Gasteiger partial charge < -0.3 is 18.7 Å². The normalized spacial score (nSPS) is 21.8. The molecule has 1 aromatic heterocycles. The number of nitrogens with zero attached hydrogens (tertiary/aromatic N) is 2. The first-order valence-electron chi connectivity index (χ1n) is 10.9. The molecule has 4 rings (SSSR count). The second-order valence-corrected chi connectivity index (χ2v) is 12.8. The summed E-state index contributed by atoms with van der Waals surface area (Å²) in [5.41, 5.74) is 0.852. The molecule has 0 amide bonds. The van der Waals surface area contributed by atoms with Gasteiger partial charge in [0.2, 0.25) is 8.41 Å². The molecular formula is C24H29FN2O4Si. The first kappa shape index (κ1) is 22.6. The van der Waals surface area contributed by atoms with E-state index in [0.29, 0.717) is 23.2 Å². The molecule has 1 aliphatic heterocycles. The molecule has 0 saturated carbocycles. The van der Waals surface area contributed by atoms with Crippen LogP contribution < -0.4 is 10.3 Å². The Bertz CT molecular complexity index is 1180. The number of aromatic nitrogens is 2. The van der Waals surface area contributed by atoms with E-state index in [1.807, 2.05) is 31.2 Å². The molecular weight excluding hydrogens is 427 g/mol. The van der Waals surface area contributed by atoms with E-state index in [9.17, 15) is 9.90 Å². The molecule has 1 unspecified atom stereocenters. The Hall–Kier alpha value is -2.55. The van der Waals surface area contributed by atoms with Crippen molar-refractivity contribution in [2.75, 3.05) is 13.7 Å². The Morgan fingerprint density at radius 1 is 1.28 bits per heavy atom. The van der Waals surface area contributed by atoms with E-state index in [1.165, 1.54) is 4.68 Å². The van der Waals surface area contributed by atoms with Crippen molar-refractivity contribution in [3.8, 4) is 11.4 Å². The Morgan fingerprint density at radius 3 is 2.72 bits per heavy atom. The minimum atomic E-state index is -3.09. The van der Waals surface area contributed by atoms with E-state index in [2.05, 4.69) is 5.10 Å². The molecule has 0 aliphatic carbocycles. The highest BCUT2D eigenvalue weighted by atomic mass is 28.4. The number of methoxy groups -OCH3 is 1. The first-order chi connectivity index (χ1) is 15.3. The van der Waals surface area contributed by atoms with Crippen molar-refractivity contribution in [3.05, 3.63) is 64.6 Å². The summed E-state index contributed by atoms with van der Waals surface area (Å²) in [6, 6.07) is 12.8. The number of hydrogen-bond donors (Lipinski definition) is 1. The van der Waals surface area contributed by atoms with Crippen LogP contribution in [0.3, 0.4) is 0 Å². The molecule has 1 aliphatic rings. The zero-order valence-electron chi connectivity index (χ0n) is 18.8. The topological polar surface area (TPSA) is 73.6 Å². The average Bonchev–Trinajstić information content (AvgIpc) is 2.77. The summed E-state index contributed by atoms with van der Waals surface area (Å²) < 4.78 is 28.6. The molecule has 2 heterocycles. The standard InChI is InChI=1S/C24H29FN2O4Si/c1-15-22(30-2)19-13-17(27-24(29)18-8-6-5-7-16(18)14-26-27)9-10-20(19)31-23(15)21(11-12-28)32(3,4)25/h5-10,13-15,21-23,28H,11-12H2,1-4H3/t15-,21?,22-,23-/m1/s1. The van der Waals surface area contributed by atoms with Crippen molar-refractivity contribution in [2.45, 2.75) is 44.2 Å². The van der Waals surface area contributed by atoms with Gasteiger partial charge in [0.15, 0.2) is 0 Å². The largest absolute Gasteiger partial charge is 0.490 e. The molecule has 8 heteroatoms. The van der Waals surface area contributed by atoms with E-state index < -0.39 is 14.5 Å². The van der Waals surface area contributed by atoms with Crippen LogP contribution in [0.5, 0.6) is 5.75 Å². The zero-order valence-corrected chi connectivity index (χ0v) is 19.8. The van der Waals surface area contributed by atoms with Crippen LogP contribution in [0.1, 0.15) is 25.0 Å². The zero-order chi connectivity index (χ0) is 23.0. The van der Waals surface area contributed by atoms with Gasteiger partial charge in [-0.15, -0.1) is 0 Å². The first-order valence-corrected chi connectivity index (χ1v) is 13.8. The van der Waals surface area contributed by atoms with E-state index >= 15 is 4.11 Å². The molecule has 0 spiro atoms. The quantitative estimate of drug-likeness (QED) is 0.440. The summed E-state index contributed by atoms with van der Waals surface area (Å²) in [7, 11) is -1.47. The van der Waals surface area contributed by atoms with Crippen molar-refractivity contribution in [1.29, 1.82) is 0 Å². The second-order valence-electron chi connectivity index (χ2n) is 8.95. The lowest BCUT2D eigenvalue weighted by Crippen LogP contribution is -2.46. The average molecular weight is 457 g/mol. The van der Waals surface area contributed by atoms with Crippen LogP contribution in [-0.4, -0.2) is 43.1 Å². The predicted octanol–water partition coefficient (Wildman–Crippen LogP) is 4.40. The molecule has 170 valence electrons. The van der Waals surface area contributed by atoms with Gasteiger partial charge in [-0.05, 0) is 43.8 Å². The number of aliphatic hydroxyl groups excluding tert-OH is 1. The van der Waals surface area contributed by atoms with Gasteiger partial charge >= 0.3 is 0 Å². The minimum absolute atomic E-state index is 0.0857. The molecule has 0 saturated heterocycles. The van der Waals surface area contributed by atoms with Gasteiger partial charge in [-0.1, -0.05) is 25.1 Å². The summed E-state index contributed by atoms with van der Waals surface area (Å²) in [5, 5.41) is 15.3. The summed E-state index contributed by atoms with van der Waals surface area (Å²) in [5.74, 6) is 0.474. The number of aliphatic hydroxyl groups is 1. The Kier molecular flexibility index (Phi) is 6.20. The summed E-state index contributed by atoms with van der Waals surface area (Å²) in [6.07, 6.45) is 1.29. The van der Waals surface area contributed by atoms with Crippen molar-refractivity contribution in [1.82, 2.24) is 9.78 Å². The molecule has 1 N–H and O–H groups in total. The van der Waals surface area contributed by atoms with Gasteiger partial charge in [0.1, 0.15) is 11.9 Å². The maximum absolute atomic E-state index is 15.1. The third-order valence-electron chi connectivity index (χ3n) is 6.47. The lowest BCUT2D eigenvalue weighted by atomic mass is 9.86. The molecule has 6 nitrogen and oxygen atoms in total. The van der Waals surface area contributed by atoms with Crippen LogP contribution in [0.2, 0.25) is 18.6 Å². The van der Waals surface area contributed by atoms with Crippen LogP contribution in [0.15, 0.2) is 53.5 Å². The highest BCUT2D eigenvalue weighted by Crippen LogP contribution is 2.47. The highest BCUT2D eigenvalue weighted by molar-refractivity contribution is 6.72. The van der Waals surface area contributed by atoms with Gasteiger partial charge in [-0.3, -0.25) is 4.79 Å². The van der Waals surface area contributed by atoms with Gasteiger partial charge in [0, 0.05) is 36.1 Å². The highest BCUT2D eigenvalue weighted by Gasteiger charge is 2.47. The van der Waals surface area contributed by atoms with E-state index in [4.69, 9.17) is 9.47 Å². The van der Waals surface area contributed by atoms with E-state index in [1.54, 1.807) is 44.6 Å². The van der Waals surface area contributed by atoms with Gasteiger partial charge in [0.25, 0.3) is 5.56 Å². The van der Waals surface area contributed by atoms with Crippen molar-refractivity contribution in [2.24, 2.45) is 5.92 Å². The molecule has 4 atom stereocenters. The Labute approximate surface area is 187 Å². The summed E-state index contributed by atoms with van der Waals surface area (Å²) in [6.45, 7) is 5.21. The predicted molar refractivity (Wildman–Crippen MR) is 125 cm³/mol. The molecule has 32 heavy (non-hydrogen) atoms. The van der Waals surface area contributed by atoms with E-state index in [-0.39, 0.29) is 29.7 Å². The Balaban J connectivity index is 1.77. The van der Waals surface area contributed by atoms with E-state index in [0.717, 1.165) is 10.9 Å². The smallest absolute Gasteiger partial charge is 0.279 e. The number of hydrogen-bond acceptors (Lipinski definition) is 5. The van der Waals surface area contributed by atoms with Gasteiger partial charge in [-0.2, -0.15) is 9.78 Å². The van der Waals surface area contributed by atoms with Crippen LogP contribution in [0.4, 0.5) is 4.11 Å². The summed E-state index contributed by atoms with van der Waals surface area (Å²) >= 11 is 0. The monoisotopic (exact) mass is 456 g/mol. The third-order valence-corrected chi connectivity index (χ3v) is 8.85. The van der Waals surface area contributed by atoms with Crippen molar-refractivity contribution >= 4 is 19.2 Å². The fourth-order valence-corrected chi connectivity index (χ4v) is 6.78. The van der Waals surface area contributed by atoms with Crippen LogP contribution in [-0.2, 0) is 4.74 Å². The van der Waals surface area contributed by atoms with Crippen LogP contribution in [0.25, 0.3) is 16.5 Å². The fourth-order valence-electron chi connectivity index (χ4n) is 4.81. The van der Waals surface area contributed by atoms with Gasteiger partial charge in [0.05, 0.1) is 23.4 Å². The second kappa shape index (κ2) is 8.76. The molecule has 3 aromatic rings. The lowest BCUT2D eigenvalue weighted by molar-refractivity contribution is -0.0250. The minimum Gasteiger partial charge on any atom is -0.490 e.